The van der Waals surface area contributed by atoms with E-state index in [9.17, 15) is 35.7 Å². The SMILES string of the molecule is BC1(O)C(S)C(O)(O)C(C)(O)C(O)(O)C1(C)O. The Balaban J connectivity index is 3.56. The van der Waals surface area contributed by atoms with Crippen LogP contribution in [0, 0.1) is 0 Å². The third kappa shape index (κ3) is 1.39. The van der Waals surface area contributed by atoms with Gasteiger partial charge in [0.25, 0.3) is 0 Å². The summed E-state index contributed by atoms with van der Waals surface area (Å²) in [6.07, 6.45) is 0. The van der Waals surface area contributed by atoms with Crippen LogP contribution in [0.15, 0.2) is 0 Å². The number of thiol groups is 1. The van der Waals surface area contributed by atoms with Gasteiger partial charge in [0, 0.05) is 0 Å². The smallest absolute Gasteiger partial charge is 0.229 e. The molecule has 0 radical (unpaired) electrons. The summed E-state index contributed by atoms with van der Waals surface area (Å²) in [4.78, 5) is 0. The normalized spacial score (nSPS) is 53.4. The van der Waals surface area contributed by atoms with Gasteiger partial charge in [-0.1, -0.05) is 0 Å². The second-order valence-electron chi connectivity index (χ2n) is 5.09. The highest BCUT2D eigenvalue weighted by atomic mass is 32.1. The minimum Gasteiger partial charge on any atom is -0.395 e. The molecule has 7 N–H and O–H groups in total. The second-order valence-corrected chi connectivity index (χ2v) is 5.61. The molecule has 0 amide bonds. The molecule has 4 unspecified atom stereocenters. The van der Waals surface area contributed by atoms with Crippen molar-refractivity contribution >= 4 is 20.5 Å². The molecule has 0 heterocycles. The maximum Gasteiger partial charge on any atom is 0.229 e. The maximum absolute atomic E-state index is 10.00. The molecular weight excluding hydrogens is 251 g/mol. The first-order valence-corrected chi connectivity index (χ1v) is 5.42. The lowest BCUT2D eigenvalue weighted by Crippen LogP contribution is -2.89. The largest absolute Gasteiger partial charge is 0.395 e. The Morgan fingerprint density at radius 1 is 0.882 bits per heavy atom. The van der Waals surface area contributed by atoms with E-state index in [4.69, 9.17) is 0 Å². The van der Waals surface area contributed by atoms with E-state index in [2.05, 4.69) is 12.6 Å². The van der Waals surface area contributed by atoms with Crippen LogP contribution in [0.4, 0.5) is 0 Å². The van der Waals surface area contributed by atoms with Crippen molar-refractivity contribution in [1.29, 1.82) is 0 Å². The predicted octanol–water partition coefficient (Wildman–Crippen LogP) is -4.52. The lowest BCUT2D eigenvalue weighted by atomic mass is 9.52. The fourth-order valence-corrected chi connectivity index (χ4v) is 2.51. The molecule has 0 aromatic carbocycles. The molecule has 100 valence electrons. The molecule has 0 aromatic heterocycles. The summed E-state index contributed by atoms with van der Waals surface area (Å²) in [5, 5.41) is 67.0. The van der Waals surface area contributed by atoms with Crippen molar-refractivity contribution in [2.24, 2.45) is 0 Å². The molecule has 17 heavy (non-hydrogen) atoms. The van der Waals surface area contributed by atoms with Crippen molar-refractivity contribution in [2.75, 3.05) is 0 Å². The predicted molar refractivity (Wildman–Crippen MR) is 61.9 cm³/mol. The van der Waals surface area contributed by atoms with E-state index >= 15 is 0 Å². The quantitative estimate of drug-likeness (QED) is 0.126. The number of rotatable bonds is 0. The first-order valence-electron chi connectivity index (χ1n) is 4.90. The maximum atomic E-state index is 10.00. The van der Waals surface area contributed by atoms with Crippen LogP contribution < -0.4 is 0 Å². The van der Waals surface area contributed by atoms with Crippen LogP contribution in [0.3, 0.4) is 0 Å². The molecule has 0 aliphatic heterocycles. The van der Waals surface area contributed by atoms with Gasteiger partial charge in [-0.3, -0.25) is 0 Å². The molecule has 4 atom stereocenters. The Morgan fingerprint density at radius 3 is 1.59 bits per heavy atom. The van der Waals surface area contributed by atoms with Gasteiger partial charge in [-0.2, -0.15) is 12.6 Å². The fraction of sp³-hybridized carbons (Fsp3) is 1.00. The van der Waals surface area contributed by atoms with Crippen LogP contribution in [0.1, 0.15) is 13.8 Å². The lowest BCUT2D eigenvalue weighted by Gasteiger charge is -2.63. The van der Waals surface area contributed by atoms with Crippen molar-refractivity contribution in [3.63, 3.8) is 0 Å². The summed E-state index contributed by atoms with van der Waals surface area (Å²) in [5.41, 5.74) is -7.96. The highest BCUT2D eigenvalue weighted by Gasteiger charge is 2.79. The molecule has 1 fully saturated rings. The fourth-order valence-electron chi connectivity index (χ4n) is 2.01. The molecule has 1 aliphatic rings. The van der Waals surface area contributed by atoms with Gasteiger partial charge in [-0.05, 0) is 13.8 Å². The summed E-state index contributed by atoms with van der Waals surface area (Å²) in [5.74, 6) is -6.50. The molecule has 7 nitrogen and oxygen atoms in total. The molecule has 9 heteroatoms. The van der Waals surface area contributed by atoms with Crippen LogP contribution >= 0.6 is 12.6 Å². The monoisotopic (exact) mass is 268 g/mol. The highest BCUT2D eigenvalue weighted by molar-refractivity contribution is 7.81. The minimum absolute atomic E-state index is 0.708. The standard InChI is InChI=1S/C8H17BO7S/c1-4(10)6(9,12)3(17)7(13,14)5(2,11)8(4,15)16/h3,10-17H,9H2,1-2H3. The van der Waals surface area contributed by atoms with Gasteiger partial charge in [-0.25, -0.2) is 0 Å². The van der Waals surface area contributed by atoms with E-state index in [0.29, 0.717) is 6.92 Å². The van der Waals surface area contributed by atoms with Crippen LogP contribution in [-0.2, 0) is 0 Å². The van der Waals surface area contributed by atoms with E-state index in [1.54, 1.807) is 0 Å². The van der Waals surface area contributed by atoms with E-state index in [0.717, 1.165) is 14.8 Å². The van der Waals surface area contributed by atoms with Crippen molar-refractivity contribution in [3.05, 3.63) is 0 Å². The van der Waals surface area contributed by atoms with Gasteiger partial charge in [0.15, 0.2) is 5.60 Å². The molecule has 0 saturated heterocycles. The van der Waals surface area contributed by atoms with E-state index in [1.807, 2.05) is 0 Å². The zero-order chi connectivity index (χ0) is 14.1. The Kier molecular flexibility index (Phi) is 3.01. The number of hydrogen-bond donors (Lipinski definition) is 8. The van der Waals surface area contributed by atoms with Gasteiger partial charge in [-0.15, -0.1) is 0 Å². The summed E-state index contributed by atoms with van der Waals surface area (Å²) in [7, 11) is 0.947. The number of hydrogen-bond acceptors (Lipinski definition) is 8. The lowest BCUT2D eigenvalue weighted by molar-refractivity contribution is -0.452. The Labute approximate surface area is 104 Å². The summed E-state index contributed by atoms with van der Waals surface area (Å²) < 4.78 is 0. The average molecular weight is 268 g/mol. The summed E-state index contributed by atoms with van der Waals surface area (Å²) in [6, 6.07) is 0. The first kappa shape index (κ1) is 15.2. The van der Waals surface area contributed by atoms with Gasteiger partial charge in [0.1, 0.15) is 13.4 Å². The van der Waals surface area contributed by atoms with Gasteiger partial charge in [0.05, 0.1) is 10.8 Å². The third-order valence-corrected chi connectivity index (χ3v) is 4.84. The van der Waals surface area contributed by atoms with Crippen molar-refractivity contribution in [2.45, 2.75) is 47.4 Å². The Morgan fingerprint density at radius 2 is 1.24 bits per heavy atom. The van der Waals surface area contributed by atoms with Crippen LogP contribution in [-0.4, -0.2) is 77.1 Å². The van der Waals surface area contributed by atoms with E-state index in [-0.39, 0.29) is 0 Å². The Hall–Kier alpha value is 0.135. The molecule has 1 saturated carbocycles. The van der Waals surface area contributed by atoms with Gasteiger partial charge < -0.3 is 35.7 Å². The molecule has 1 aliphatic carbocycles. The summed E-state index contributed by atoms with van der Waals surface area (Å²) in [6.45, 7) is 1.56. The second kappa shape index (κ2) is 3.37. The molecule has 0 aromatic rings. The minimum atomic E-state index is -3.37. The zero-order valence-corrected chi connectivity index (χ0v) is 10.5. The van der Waals surface area contributed by atoms with Gasteiger partial charge >= 0.3 is 0 Å². The molecule has 1 rings (SSSR count). The topological polar surface area (TPSA) is 142 Å². The van der Waals surface area contributed by atoms with Crippen LogP contribution in [0.25, 0.3) is 0 Å². The van der Waals surface area contributed by atoms with Crippen LogP contribution in [0.2, 0.25) is 0 Å². The molecular formula is C8H17BO7S. The first-order chi connectivity index (χ1) is 7.15. The van der Waals surface area contributed by atoms with Crippen LogP contribution in [0.5, 0.6) is 0 Å². The molecule has 0 spiro atoms. The van der Waals surface area contributed by atoms with Gasteiger partial charge in [0.2, 0.25) is 11.6 Å². The van der Waals surface area contributed by atoms with E-state index < -0.39 is 33.5 Å². The Bertz CT molecular complexity index is 309. The third-order valence-electron chi connectivity index (χ3n) is 3.97. The molecule has 0 bridgehead atoms. The van der Waals surface area contributed by atoms with Crippen molar-refractivity contribution in [1.82, 2.24) is 0 Å². The highest BCUT2D eigenvalue weighted by Crippen LogP contribution is 2.52. The zero-order valence-electron chi connectivity index (χ0n) is 9.66. The van der Waals surface area contributed by atoms with E-state index in [1.165, 1.54) is 0 Å². The summed E-state index contributed by atoms with van der Waals surface area (Å²) >= 11 is 3.73. The van der Waals surface area contributed by atoms with Crippen molar-refractivity contribution in [3.8, 4) is 0 Å². The number of aliphatic hydroxyl groups is 7. The average Bonchev–Trinajstić information content (AvgIpc) is 2.13. The van der Waals surface area contributed by atoms with Crippen molar-refractivity contribution < 1.29 is 35.7 Å².